The minimum absolute atomic E-state index is 0.00931. The molecule has 2 aromatic rings. The third kappa shape index (κ3) is 3.15. The predicted molar refractivity (Wildman–Crippen MR) is 80.5 cm³/mol. The molecule has 0 bridgehead atoms. The number of hydrogen-bond donors (Lipinski definition) is 3. The van der Waals surface area contributed by atoms with Gasteiger partial charge in [-0.15, -0.1) is 0 Å². The third-order valence-electron chi connectivity index (χ3n) is 3.99. The first-order valence-corrected chi connectivity index (χ1v) is 7.32. The highest BCUT2D eigenvalue weighted by molar-refractivity contribution is 5.96. The lowest BCUT2D eigenvalue weighted by Gasteiger charge is -2.31. The molecule has 1 atom stereocenters. The van der Waals surface area contributed by atoms with Crippen LogP contribution in [-0.2, 0) is 0 Å². The molecule has 8 nitrogen and oxygen atoms in total. The molecule has 0 aliphatic carbocycles. The van der Waals surface area contributed by atoms with Crippen LogP contribution in [0.2, 0.25) is 0 Å². The van der Waals surface area contributed by atoms with Crippen LogP contribution in [0, 0.1) is 0 Å². The van der Waals surface area contributed by atoms with E-state index in [4.69, 9.17) is 5.11 Å². The van der Waals surface area contributed by atoms with Gasteiger partial charge in [-0.05, 0) is 37.1 Å². The Morgan fingerprint density at radius 3 is 2.52 bits per heavy atom. The molecule has 1 amide bonds. The number of rotatable bonds is 3. The quantitative estimate of drug-likeness (QED) is 0.774. The Hall–Kier alpha value is -2.90. The van der Waals surface area contributed by atoms with Crippen LogP contribution >= 0.6 is 0 Å². The first kappa shape index (κ1) is 15.0. The molecule has 8 heteroatoms. The monoisotopic (exact) mass is 316 g/mol. The van der Waals surface area contributed by atoms with Crippen LogP contribution in [0.3, 0.4) is 0 Å². The van der Waals surface area contributed by atoms with Gasteiger partial charge in [-0.25, -0.2) is 14.7 Å². The first-order chi connectivity index (χ1) is 11.0. The number of hydrogen-bond acceptors (Lipinski definition) is 4. The van der Waals surface area contributed by atoms with Gasteiger partial charge >= 0.3 is 11.7 Å². The van der Waals surface area contributed by atoms with Crippen molar-refractivity contribution in [3.8, 4) is 0 Å². The van der Waals surface area contributed by atoms with Crippen LogP contribution in [-0.4, -0.2) is 50.2 Å². The van der Waals surface area contributed by atoms with E-state index in [0.29, 0.717) is 24.5 Å². The Bertz CT molecular complexity index is 777. The molecule has 1 saturated heterocycles. The lowest BCUT2D eigenvalue weighted by Crippen LogP contribution is -2.39. The fraction of sp³-hybridized carbons (Fsp3) is 0.333. The number of aromatic amines is 2. The van der Waals surface area contributed by atoms with Crippen molar-refractivity contribution in [3.63, 3.8) is 0 Å². The van der Waals surface area contributed by atoms with Crippen LogP contribution in [0.1, 0.15) is 45.3 Å². The van der Waals surface area contributed by atoms with Crippen LogP contribution in [0.15, 0.2) is 29.1 Å². The van der Waals surface area contributed by atoms with E-state index >= 15 is 0 Å². The van der Waals surface area contributed by atoms with Crippen molar-refractivity contribution in [3.05, 3.63) is 51.7 Å². The van der Waals surface area contributed by atoms with Crippen molar-refractivity contribution >= 4 is 11.9 Å². The molecule has 23 heavy (non-hydrogen) atoms. The van der Waals surface area contributed by atoms with Crippen LogP contribution in [0.5, 0.6) is 0 Å². The highest BCUT2D eigenvalue weighted by atomic mass is 16.4. The number of carbonyl (C=O) groups is 2. The zero-order valence-corrected chi connectivity index (χ0v) is 12.3. The largest absolute Gasteiger partial charge is 0.478 e. The van der Waals surface area contributed by atoms with Crippen LogP contribution in [0.25, 0.3) is 0 Å². The molecular weight excluding hydrogens is 300 g/mol. The lowest BCUT2D eigenvalue weighted by molar-refractivity contribution is 0.0686. The third-order valence-corrected chi connectivity index (χ3v) is 3.99. The number of carboxylic acid groups (broad SMARTS) is 1. The van der Waals surface area contributed by atoms with E-state index in [2.05, 4.69) is 15.2 Å². The summed E-state index contributed by atoms with van der Waals surface area (Å²) in [5.41, 5.74) is 0.242. The Morgan fingerprint density at radius 2 is 1.91 bits per heavy atom. The molecule has 3 N–H and O–H groups in total. The van der Waals surface area contributed by atoms with Crippen molar-refractivity contribution < 1.29 is 14.7 Å². The van der Waals surface area contributed by atoms with E-state index in [1.54, 1.807) is 4.90 Å². The van der Waals surface area contributed by atoms with E-state index in [1.165, 1.54) is 24.3 Å². The summed E-state index contributed by atoms with van der Waals surface area (Å²) in [4.78, 5) is 38.9. The standard InChI is InChI=1S/C15H16N4O4/c20-13(9-3-5-10(6-4-9)14(21)22)19-7-1-2-11(8-19)12-16-15(23)18-17-12/h3-6,11H,1-2,7-8H2,(H,21,22)(H2,16,17,18,23). The van der Waals surface area contributed by atoms with Gasteiger partial charge in [0.15, 0.2) is 0 Å². The van der Waals surface area contributed by atoms with Gasteiger partial charge in [0, 0.05) is 24.6 Å². The maximum absolute atomic E-state index is 12.5. The topological polar surface area (TPSA) is 119 Å². The van der Waals surface area contributed by atoms with Gasteiger partial charge < -0.3 is 10.0 Å². The lowest BCUT2D eigenvalue weighted by atomic mass is 9.96. The van der Waals surface area contributed by atoms with E-state index < -0.39 is 5.97 Å². The number of carboxylic acids is 1. The van der Waals surface area contributed by atoms with Gasteiger partial charge in [-0.1, -0.05) is 0 Å². The van der Waals surface area contributed by atoms with Crippen molar-refractivity contribution in [1.82, 2.24) is 20.1 Å². The van der Waals surface area contributed by atoms with Crippen molar-refractivity contribution in [2.24, 2.45) is 0 Å². The highest BCUT2D eigenvalue weighted by Crippen LogP contribution is 2.24. The maximum Gasteiger partial charge on any atom is 0.340 e. The van der Waals surface area contributed by atoms with Gasteiger partial charge in [-0.3, -0.25) is 9.78 Å². The summed E-state index contributed by atoms with van der Waals surface area (Å²) in [5, 5.41) is 15.2. The van der Waals surface area contributed by atoms with Gasteiger partial charge in [0.05, 0.1) is 5.56 Å². The van der Waals surface area contributed by atoms with Crippen molar-refractivity contribution in [1.29, 1.82) is 0 Å². The summed E-state index contributed by atoms with van der Waals surface area (Å²) >= 11 is 0. The summed E-state index contributed by atoms with van der Waals surface area (Å²) in [6.45, 7) is 1.10. The number of benzene rings is 1. The molecule has 2 heterocycles. The summed E-state index contributed by atoms with van der Waals surface area (Å²) in [5.74, 6) is -0.618. The Labute approximate surface area is 131 Å². The van der Waals surface area contributed by atoms with Crippen LogP contribution in [0.4, 0.5) is 0 Å². The zero-order chi connectivity index (χ0) is 16.4. The molecule has 1 aromatic heterocycles. The summed E-state index contributed by atoms with van der Waals surface area (Å²) in [7, 11) is 0. The Balaban J connectivity index is 1.74. The number of nitrogens with one attached hydrogen (secondary N) is 2. The average Bonchev–Trinajstić information content (AvgIpc) is 3.01. The highest BCUT2D eigenvalue weighted by Gasteiger charge is 2.27. The van der Waals surface area contributed by atoms with E-state index in [9.17, 15) is 14.4 Å². The van der Waals surface area contributed by atoms with Gasteiger partial charge in [-0.2, -0.15) is 5.10 Å². The molecule has 0 saturated carbocycles. The van der Waals surface area contributed by atoms with E-state index in [-0.39, 0.29) is 23.1 Å². The molecule has 120 valence electrons. The van der Waals surface area contributed by atoms with Crippen molar-refractivity contribution in [2.75, 3.05) is 13.1 Å². The minimum Gasteiger partial charge on any atom is -0.478 e. The number of aromatic nitrogens is 3. The summed E-state index contributed by atoms with van der Waals surface area (Å²) in [6, 6.07) is 5.88. The molecule has 1 aliphatic heterocycles. The number of H-pyrrole nitrogens is 2. The second-order valence-corrected chi connectivity index (χ2v) is 5.54. The molecule has 1 unspecified atom stereocenters. The fourth-order valence-corrected chi connectivity index (χ4v) is 2.80. The smallest absolute Gasteiger partial charge is 0.340 e. The number of piperidine rings is 1. The molecule has 1 fully saturated rings. The van der Waals surface area contributed by atoms with Crippen molar-refractivity contribution in [2.45, 2.75) is 18.8 Å². The number of amides is 1. The van der Waals surface area contributed by atoms with E-state index in [1.807, 2.05) is 0 Å². The molecular formula is C15H16N4O4. The average molecular weight is 316 g/mol. The number of carbonyl (C=O) groups excluding carboxylic acids is 1. The molecule has 1 aromatic carbocycles. The molecule has 3 rings (SSSR count). The second kappa shape index (κ2) is 6.07. The maximum atomic E-state index is 12.5. The summed E-state index contributed by atoms with van der Waals surface area (Å²) in [6.07, 6.45) is 1.67. The predicted octanol–water partition coefficient (Wildman–Crippen LogP) is 0.816. The van der Waals surface area contributed by atoms with Gasteiger partial charge in [0.2, 0.25) is 0 Å². The first-order valence-electron chi connectivity index (χ1n) is 7.32. The van der Waals surface area contributed by atoms with E-state index in [0.717, 1.165) is 12.8 Å². The normalized spacial score (nSPS) is 17.9. The number of aromatic carboxylic acids is 1. The van der Waals surface area contributed by atoms with Crippen LogP contribution < -0.4 is 5.69 Å². The Morgan fingerprint density at radius 1 is 1.22 bits per heavy atom. The SMILES string of the molecule is O=C(O)c1ccc(C(=O)N2CCCC(c3n[nH]c(=O)[nH]3)C2)cc1. The molecule has 1 aliphatic rings. The van der Waals surface area contributed by atoms with Gasteiger partial charge in [0.25, 0.3) is 5.91 Å². The second-order valence-electron chi connectivity index (χ2n) is 5.54. The summed E-state index contributed by atoms with van der Waals surface area (Å²) < 4.78 is 0. The van der Waals surface area contributed by atoms with Gasteiger partial charge in [0.1, 0.15) is 5.82 Å². The number of nitrogens with zero attached hydrogens (tertiary/aromatic N) is 2. The fourth-order valence-electron chi connectivity index (χ4n) is 2.80. The zero-order valence-electron chi connectivity index (χ0n) is 12.3. The molecule has 0 spiro atoms. The number of likely N-dealkylation sites (tertiary alicyclic amines) is 1. The minimum atomic E-state index is -1.02. The Kier molecular flexibility index (Phi) is 3.96. The molecule has 0 radical (unpaired) electrons.